The minimum absolute atomic E-state index is 0.249. The maximum Gasteiger partial charge on any atom is 0.136 e. The van der Waals surface area contributed by atoms with E-state index in [-0.39, 0.29) is 6.10 Å². The van der Waals surface area contributed by atoms with E-state index in [1.807, 2.05) is 6.07 Å². The Morgan fingerprint density at radius 3 is 3.20 bits per heavy atom. The lowest BCUT2D eigenvalue weighted by molar-refractivity contribution is -0.0112. The Labute approximate surface area is 97.9 Å². The number of aromatic nitrogens is 1. The van der Waals surface area contributed by atoms with Crippen molar-refractivity contribution in [3.05, 3.63) is 22.9 Å². The number of halogens is 1. The molecule has 1 aromatic heterocycles. The summed E-state index contributed by atoms with van der Waals surface area (Å²) in [5.41, 5.74) is 0. The van der Waals surface area contributed by atoms with Crippen LogP contribution >= 0.6 is 15.9 Å². The quantitative estimate of drug-likeness (QED) is 0.847. The standard InChI is InChI=1S/C11H14BrNO2/c12-10-7-13-5-4-11(10)15-8-9-3-1-2-6-14-9/h4-5,7,9H,1-3,6,8H2. The molecular formula is C11H14BrNO2. The van der Waals surface area contributed by atoms with Crippen molar-refractivity contribution >= 4 is 15.9 Å². The van der Waals surface area contributed by atoms with Gasteiger partial charge in [-0.2, -0.15) is 0 Å². The molecule has 3 nitrogen and oxygen atoms in total. The molecule has 0 radical (unpaired) electrons. The van der Waals surface area contributed by atoms with Crippen LogP contribution in [0.5, 0.6) is 5.75 Å². The maximum atomic E-state index is 5.66. The van der Waals surface area contributed by atoms with Gasteiger partial charge in [-0.3, -0.25) is 4.98 Å². The van der Waals surface area contributed by atoms with Gasteiger partial charge in [0.2, 0.25) is 0 Å². The molecule has 82 valence electrons. The Morgan fingerprint density at radius 1 is 1.53 bits per heavy atom. The van der Waals surface area contributed by atoms with Gasteiger partial charge in [-0.25, -0.2) is 0 Å². The van der Waals surface area contributed by atoms with Crippen molar-refractivity contribution in [3.63, 3.8) is 0 Å². The molecule has 1 saturated heterocycles. The highest BCUT2D eigenvalue weighted by atomic mass is 79.9. The van der Waals surface area contributed by atoms with Gasteiger partial charge in [0.1, 0.15) is 12.4 Å². The highest BCUT2D eigenvalue weighted by molar-refractivity contribution is 9.10. The Bertz CT molecular complexity index is 313. The summed E-state index contributed by atoms with van der Waals surface area (Å²) in [5, 5.41) is 0. The monoisotopic (exact) mass is 271 g/mol. The lowest BCUT2D eigenvalue weighted by Crippen LogP contribution is -2.25. The summed E-state index contributed by atoms with van der Waals surface area (Å²) in [6.07, 6.45) is 7.22. The second-order valence-corrected chi connectivity index (χ2v) is 4.46. The van der Waals surface area contributed by atoms with Crippen molar-refractivity contribution in [2.45, 2.75) is 25.4 Å². The summed E-state index contributed by atoms with van der Waals surface area (Å²) in [5.74, 6) is 0.833. The van der Waals surface area contributed by atoms with E-state index in [4.69, 9.17) is 9.47 Å². The summed E-state index contributed by atoms with van der Waals surface area (Å²) < 4.78 is 12.1. The van der Waals surface area contributed by atoms with Gasteiger partial charge >= 0.3 is 0 Å². The molecular weight excluding hydrogens is 258 g/mol. The molecule has 4 heteroatoms. The van der Waals surface area contributed by atoms with Crippen LogP contribution in [-0.2, 0) is 4.74 Å². The first-order valence-corrected chi connectivity index (χ1v) is 5.99. The number of pyridine rings is 1. The number of hydrogen-bond donors (Lipinski definition) is 0. The van der Waals surface area contributed by atoms with Crippen LogP contribution < -0.4 is 4.74 Å². The van der Waals surface area contributed by atoms with Gasteiger partial charge in [0.25, 0.3) is 0 Å². The zero-order valence-corrected chi connectivity index (χ0v) is 10.1. The smallest absolute Gasteiger partial charge is 0.136 e. The third kappa shape index (κ3) is 3.18. The molecule has 1 fully saturated rings. The summed E-state index contributed by atoms with van der Waals surface area (Å²) in [4.78, 5) is 3.98. The van der Waals surface area contributed by atoms with E-state index in [9.17, 15) is 0 Å². The minimum Gasteiger partial charge on any atom is -0.490 e. The Hall–Kier alpha value is -0.610. The van der Waals surface area contributed by atoms with E-state index in [2.05, 4.69) is 20.9 Å². The molecule has 15 heavy (non-hydrogen) atoms. The minimum atomic E-state index is 0.249. The van der Waals surface area contributed by atoms with Crippen LogP contribution in [-0.4, -0.2) is 24.3 Å². The first kappa shape index (κ1) is 10.9. The van der Waals surface area contributed by atoms with Crippen molar-refractivity contribution in [1.29, 1.82) is 0 Å². The van der Waals surface area contributed by atoms with Gasteiger partial charge in [0, 0.05) is 19.0 Å². The van der Waals surface area contributed by atoms with Crippen LogP contribution in [0.2, 0.25) is 0 Å². The van der Waals surface area contributed by atoms with E-state index < -0.39 is 0 Å². The molecule has 2 rings (SSSR count). The molecule has 1 aliphatic heterocycles. The van der Waals surface area contributed by atoms with Crippen molar-refractivity contribution in [3.8, 4) is 5.75 Å². The Kier molecular flexibility index (Phi) is 3.97. The molecule has 0 saturated carbocycles. The largest absolute Gasteiger partial charge is 0.490 e. The van der Waals surface area contributed by atoms with E-state index in [1.165, 1.54) is 12.8 Å². The van der Waals surface area contributed by atoms with E-state index >= 15 is 0 Å². The van der Waals surface area contributed by atoms with E-state index in [0.29, 0.717) is 6.61 Å². The first-order valence-electron chi connectivity index (χ1n) is 5.20. The molecule has 0 aromatic carbocycles. The summed E-state index contributed by atoms with van der Waals surface area (Å²) in [6.45, 7) is 1.49. The highest BCUT2D eigenvalue weighted by Gasteiger charge is 2.14. The molecule has 1 aliphatic rings. The lowest BCUT2D eigenvalue weighted by atomic mass is 10.1. The van der Waals surface area contributed by atoms with Gasteiger partial charge in [0.05, 0.1) is 10.6 Å². The van der Waals surface area contributed by atoms with E-state index in [0.717, 1.165) is 23.2 Å². The molecule has 0 aliphatic carbocycles. The number of rotatable bonds is 3. The average Bonchev–Trinajstić information content (AvgIpc) is 2.29. The molecule has 1 aromatic rings. The maximum absolute atomic E-state index is 5.66. The molecule has 0 N–H and O–H groups in total. The van der Waals surface area contributed by atoms with Crippen LogP contribution in [0.25, 0.3) is 0 Å². The SMILES string of the molecule is Brc1cnccc1OCC1CCCCO1. The number of ether oxygens (including phenoxy) is 2. The molecule has 0 amide bonds. The Morgan fingerprint density at radius 2 is 2.47 bits per heavy atom. The van der Waals surface area contributed by atoms with Crippen LogP contribution in [0.3, 0.4) is 0 Å². The van der Waals surface area contributed by atoms with Crippen LogP contribution in [0.4, 0.5) is 0 Å². The predicted octanol–water partition coefficient (Wildman–Crippen LogP) is 2.79. The topological polar surface area (TPSA) is 31.4 Å². The van der Waals surface area contributed by atoms with Gasteiger partial charge in [0.15, 0.2) is 0 Å². The molecule has 1 atom stereocenters. The summed E-state index contributed by atoms with van der Waals surface area (Å²) >= 11 is 3.39. The molecule has 2 heterocycles. The van der Waals surface area contributed by atoms with Crippen molar-refractivity contribution < 1.29 is 9.47 Å². The normalized spacial score (nSPS) is 21.3. The number of nitrogens with zero attached hydrogens (tertiary/aromatic N) is 1. The number of hydrogen-bond acceptors (Lipinski definition) is 3. The van der Waals surface area contributed by atoms with E-state index in [1.54, 1.807) is 12.4 Å². The third-order valence-corrected chi connectivity index (χ3v) is 3.03. The lowest BCUT2D eigenvalue weighted by Gasteiger charge is -2.22. The second kappa shape index (κ2) is 5.47. The second-order valence-electron chi connectivity index (χ2n) is 3.61. The van der Waals surface area contributed by atoms with Gasteiger partial charge in [-0.1, -0.05) is 0 Å². The first-order chi connectivity index (χ1) is 7.36. The zero-order chi connectivity index (χ0) is 10.5. The van der Waals surface area contributed by atoms with Crippen LogP contribution in [0.15, 0.2) is 22.9 Å². The third-order valence-electron chi connectivity index (χ3n) is 2.43. The molecule has 0 spiro atoms. The fourth-order valence-electron chi connectivity index (χ4n) is 1.60. The Balaban J connectivity index is 1.84. The molecule has 0 bridgehead atoms. The summed E-state index contributed by atoms with van der Waals surface area (Å²) in [6, 6.07) is 1.85. The van der Waals surface area contributed by atoms with Gasteiger partial charge in [-0.05, 0) is 41.3 Å². The van der Waals surface area contributed by atoms with Gasteiger partial charge in [-0.15, -0.1) is 0 Å². The van der Waals surface area contributed by atoms with Crippen LogP contribution in [0, 0.1) is 0 Å². The van der Waals surface area contributed by atoms with Crippen molar-refractivity contribution in [2.75, 3.05) is 13.2 Å². The average molecular weight is 272 g/mol. The predicted molar refractivity (Wildman–Crippen MR) is 61.0 cm³/mol. The fourth-order valence-corrected chi connectivity index (χ4v) is 1.97. The zero-order valence-electron chi connectivity index (χ0n) is 8.49. The fraction of sp³-hybridized carbons (Fsp3) is 0.545. The van der Waals surface area contributed by atoms with Crippen molar-refractivity contribution in [1.82, 2.24) is 4.98 Å². The highest BCUT2D eigenvalue weighted by Crippen LogP contribution is 2.23. The van der Waals surface area contributed by atoms with Crippen LogP contribution in [0.1, 0.15) is 19.3 Å². The summed E-state index contributed by atoms with van der Waals surface area (Å²) in [7, 11) is 0. The van der Waals surface area contributed by atoms with Crippen molar-refractivity contribution in [2.24, 2.45) is 0 Å². The van der Waals surface area contributed by atoms with Gasteiger partial charge < -0.3 is 9.47 Å². The molecule has 1 unspecified atom stereocenters.